The van der Waals surface area contributed by atoms with Crippen molar-refractivity contribution in [2.24, 2.45) is 11.3 Å². The molecule has 0 amide bonds. The first-order valence-corrected chi connectivity index (χ1v) is 11.5. The van der Waals surface area contributed by atoms with E-state index in [0.29, 0.717) is 22.9 Å². The number of benzene rings is 1. The Morgan fingerprint density at radius 3 is 2.30 bits per heavy atom. The first-order valence-electron chi connectivity index (χ1n) is 11.5. The fraction of sp³-hybridized carbons (Fsp3) is 0.500. The summed E-state index contributed by atoms with van der Waals surface area (Å²) in [5.74, 6) is 1.02. The zero-order valence-corrected chi connectivity index (χ0v) is 20.3. The summed E-state index contributed by atoms with van der Waals surface area (Å²) in [6.07, 6.45) is 4.35. The number of likely N-dealkylation sites (tertiary alicyclic amines) is 1. The van der Waals surface area contributed by atoms with Crippen LogP contribution in [0.3, 0.4) is 0 Å². The predicted molar refractivity (Wildman–Crippen MR) is 126 cm³/mol. The van der Waals surface area contributed by atoms with E-state index in [0.717, 1.165) is 25.1 Å². The minimum Gasteiger partial charge on any atom is -0.381 e. The molecule has 0 saturated carbocycles. The molecule has 0 spiro atoms. The Balaban J connectivity index is 1.77. The second kappa shape index (κ2) is 8.31. The van der Waals surface area contributed by atoms with Crippen molar-refractivity contribution in [3.05, 3.63) is 65.3 Å². The van der Waals surface area contributed by atoms with Crippen molar-refractivity contribution in [2.45, 2.75) is 52.2 Å². The lowest BCUT2D eigenvalue weighted by molar-refractivity contribution is -0.127. The molecule has 33 heavy (non-hydrogen) atoms. The summed E-state index contributed by atoms with van der Waals surface area (Å²) < 4.78 is 5.24. The quantitative estimate of drug-likeness (QED) is 0.566. The van der Waals surface area contributed by atoms with Crippen molar-refractivity contribution in [3.63, 3.8) is 0 Å². The Morgan fingerprint density at radius 1 is 1.09 bits per heavy atom. The van der Waals surface area contributed by atoms with Gasteiger partial charge in [0, 0.05) is 42.0 Å². The molecule has 2 N–H and O–H groups in total. The van der Waals surface area contributed by atoms with Gasteiger partial charge in [-0.2, -0.15) is 4.98 Å². The maximum Gasteiger partial charge on any atom is 0.258 e. The van der Waals surface area contributed by atoms with E-state index in [9.17, 15) is 10.2 Å². The molecule has 1 saturated heterocycles. The van der Waals surface area contributed by atoms with Crippen LogP contribution in [-0.2, 0) is 17.6 Å². The first kappa shape index (κ1) is 23.5. The largest absolute Gasteiger partial charge is 0.381 e. The van der Waals surface area contributed by atoms with Crippen molar-refractivity contribution >= 4 is 0 Å². The molecule has 3 aromatic rings. The van der Waals surface area contributed by atoms with E-state index in [2.05, 4.69) is 60.0 Å². The number of rotatable bonds is 7. The van der Waals surface area contributed by atoms with Gasteiger partial charge in [-0.25, -0.2) is 0 Å². The van der Waals surface area contributed by atoms with E-state index < -0.39 is 16.6 Å². The monoisotopic (exact) mass is 450 g/mol. The number of aromatic nitrogens is 3. The summed E-state index contributed by atoms with van der Waals surface area (Å²) >= 11 is 0. The van der Waals surface area contributed by atoms with Crippen LogP contribution in [-0.4, -0.2) is 50.4 Å². The molecule has 1 aliphatic heterocycles. The molecule has 3 heterocycles. The van der Waals surface area contributed by atoms with Crippen LogP contribution in [0.1, 0.15) is 57.2 Å². The lowest BCUT2D eigenvalue weighted by Crippen LogP contribution is -2.63. The van der Waals surface area contributed by atoms with Crippen LogP contribution < -0.4 is 0 Å². The van der Waals surface area contributed by atoms with Crippen LogP contribution in [0.25, 0.3) is 11.4 Å². The third kappa shape index (κ3) is 4.33. The highest BCUT2D eigenvalue weighted by Gasteiger charge is 2.55. The standard InChI is InChI=1S/C26H34N4O3/c1-17(2)11-18-7-9-20(10-8-18)26(32,25(5)15-30(6)16-25)21-12-19(13-27-14-21)22-28-23(33-29-22)24(3,4)31/h7-10,12-14,17,31-32H,11,15-16H2,1-6H3. The molecule has 1 fully saturated rings. The van der Waals surface area contributed by atoms with Crippen molar-refractivity contribution in [1.82, 2.24) is 20.0 Å². The van der Waals surface area contributed by atoms with Gasteiger partial charge in [0.15, 0.2) is 0 Å². The van der Waals surface area contributed by atoms with Crippen molar-refractivity contribution < 1.29 is 14.7 Å². The molecule has 176 valence electrons. The highest BCUT2D eigenvalue weighted by Crippen LogP contribution is 2.50. The molecular formula is C26H34N4O3. The highest BCUT2D eigenvalue weighted by atomic mass is 16.5. The molecule has 7 nitrogen and oxygen atoms in total. The van der Waals surface area contributed by atoms with Crippen LogP contribution in [0.4, 0.5) is 0 Å². The molecule has 1 aliphatic rings. The highest BCUT2D eigenvalue weighted by molar-refractivity contribution is 5.56. The molecule has 1 aromatic carbocycles. The number of nitrogens with zero attached hydrogens (tertiary/aromatic N) is 4. The maximum absolute atomic E-state index is 12.4. The number of hydrogen-bond donors (Lipinski definition) is 2. The van der Waals surface area contributed by atoms with Crippen LogP contribution in [0.15, 0.2) is 47.2 Å². The van der Waals surface area contributed by atoms with Crippen molar-refractivity contribution in [2.75, 3.05) is 20.1 Å². The maximum atomic E-state index is 12.4. The Hall–Kier alpha value is -2.61. The third-order valence-electron chi connectivity index (χ3n) is 6.49. The Bertz CT molecular complexity index is 1110. The van der Waals surface area contributed by atoms with Crippen molar-refractivity contribution in [3.8, 4) is 11.4 Å². The fourth-order valence-corrected chi connectivity index (χ4v) is 4.94. The van der Waals surface area contributed by atoms with E-state index in [4.69, 9.17) is 4.52 Å². The average Bonchev–Trinajstić information content (AvgIpc) is 3.23. The topological polar surface area (TPSA) is 95.5 Å². The Labute approximate surface area is 195 Å². The predicted octanol–water partition coefficient (Wildman–Crippen LogP) is 3.75. The van der Waals surface area contributed by atoms with Crippen molar-refractivity contribution in [1.29, 1.82) is 0 Å². The molecule has 1 atom stereocenters. The van der Waals surface area contributed by atoms with E-state index in [1.807, 2.05) is 18.2 Å². The van der Waals surface area contributed by atoms with Gasteiger partial charge in [-0.15, -0.1) is 0 Å². The van der Waals surface area contributed by atoms with Gasteiger partial charge in [0.05, 0.1) is 0 Å². The molecule has 1 unspecified atom stereocenters. The lowest BCUT2D eigenvalue weighted by Gasteiger charge is -2.55. The Kier molecular flexibility index (Phi) is 5.93. The summed E-state index contributed by atoms with van der Waals surface area (Å²) in [5, 5.41) is 26.6. The van der Waals surface area contributed by atoms with Gasteiger partial charge in [0.1, 0.15) is 11.2 Å². The fourth-order valence-electron chi connectivity index (χ4n) is 4.94. The smallest absolute Gasteiger partial charge is 0.258 e. The van der Waals surface area contributed by atoms with E-state index >= 15 is 0 Å². The van der Waals surface area contributed by atoms with E-state index in [1.165, 1.54) is 5.56 Å². The van der Waals surface area contributed by atoms with Gasteiger partial charge in [0.2, 0.25) is 5.82 Å². The lowest BCUT2D eigenvalue weighted by atomic mass is 9.62. The SMILES string of the molecule is CC(C)Cc1ccc(C(O)(c2cncc(-c3noc(C(C)(C)O)n3)c2)C2(C)CN(C)C2)cc1. The van der Waals surface area contributed by atoms with Gasteiger partial charge < -0.3 is 19.6 Å². The second-order valence-corrected chi connectivity index (χ2v) is 10.7. The van der Waals surface area contributed by atoms with Gasteiger partial charge in [-0.3, -0.25) is 4.98 Å². The zero-order valence-electron chi connectivity index (χ0n) is 20.3. The van der Waals surface area contributed by atoms with Gasteiger partial charge in [-0.05, 0) is 50.4 Å². The molecule has 0 bridgehead atoms. The minimum absolute atomic E-state index is 0.131. The van der Waals surface area contributed by atoms with Crippen LogP contribution >= 0.6 is 0 Å². The molecule has 2 aromatic heterocycles. The minimum atomic E-state index is -1.25. The van der Waals surface area contributed by atoms with E-state index in [1.54, 1.807) is 26.2 Å². The summed E-state index contributed by atoms with van der Waals surface area (Å²) in [7, 11) is 2.06. The second-order valence-electron chi connectivity index (χ2n) is 10.7. The number of pyridine rings is 1. The van der Waals surface area contributed by atoms with Gasteiger partial charge in [-0.1, -0.05) is 50.2 Å². The molecule has 0 aliphatic carbocycles. The summed E-state index contributed by atoms with van der Waals surface area (Å²) in [6.45, 7) is 11.2. The summed E-state index contributed by atoms with van der Waals surface area (Å²) in [6, 6.07) is 10.2. The number of hydrogen-bond acceptors (Lipinski definition) is 7. The van der Waals surface area contributed by atoms with Crippen LogP contribution in [0.2, 0.25) is 0 Å². The van der Waals surface area contributed by atoms with Gasteiger partial charge in [0.25, 0.3) is 5.89 Å². The zero-order chi connectivity index (χ0) is 24.0. The normalized spacial score (nSPS) is 18.2. The Morgan fingerprint density at radius 2 is 1.76 bits per heavy atom. The molecule has 4 rings (SSSR count). The molecular weight excluding hydrogens is 416 g/mol. The molecule has 0 radical (unpaired) electrons. The number of aliphatic hydroxyl groups is 2. The molecule has 7 heteroatoms. The van der Waals surface area contributed by atoms with Gasteiger partial charge >= 0.3 is 0 Å². The average molecular weight is 451 g/mol. The third-order valence-corrected chi connectivity index (χ3v) is 6.49. The summed E-state index contributed by atoms with van der Waals surface area (Å²) in [5.41, 5.74) is 0.525. The summed E-state index contributed by atoms with van der Waals surface area (Å²) in [4.78, 5) is 11.0. The first-order chi connectivity index (χ1) is 15.4. The van der Waals surface area contributed by atoms with Crippen LogP contribution in [0.5, 0.6) is 0 Å². The van der Waals surface area contributed by atoms with Crippen LogP contribution in [0, 0.1) is 11.3 Å². The van der Waals surface area contributed by atoms with E-state index in [-0.39, 0.29) is 5.89 Å².